The number of nitro groups is 1. The van der Waals surface area contributed by atoms with E-state index in [1.165, 1.54) is 21.8 Å². The highest BCUT2D eigenvalue weighted by Crippen LogP contribution is 2.30. The van der Waals surface area contributed by atoms with Gasteiger partial charge in [-0.2, -0.15) is 14.6 Å². The first-order valence-corrected chi connectivity index (χ1v) is 9.26. The third kappa shape index (κ3) is 3.17. The lowest BCUT2D eigenvalue weighted by Gasteiger charge is -2.34. The van der Waals surface area contributed by atoms with Gasteiger partial charge in [0.15, 0.2) is 0 Å². The van der Waals surface area contributed by atoms with Gasteiger partial charge in [0.1, 0.15) is 12.0 Å². The number of nitrogens with one attached hydrogen (secondary N) is 1. The van der Waals surface area contributed by atoms with Crippen molar-refractivity contribution in [2.24, 2.45) is 0 Å². The summed E-state index contributed by atoms with van der Waals surface area (Å²) in [5.41, 5.74) is 0.706. The number of aromatic nitrogens is 2. The van der Waals surface area contributed by atoms with Gasteiger partial charge in [0.05, 0.1) is 17.3 Å². The van der Waals surface area contributed by atoms with Crippen molar-refractivity contribution < 1.29 is 9.31 Å². The molecule has 27 heavy (non-hydrogen) atoms. The third-order valence-electron chi connectivity index (χ3n) is 4.59. The minimum absolute atomic E-state index is 0.0899. The van der Waals surface area contributed by atoms with Crippen molar-refractivity contribution >= 4 is 33.6 Å². The number of rotatable bonds is 4. The molecule has 3 aromatic rings. The second-order valence-corrected chi connectivity index (χ2v) is 7.18. The maximum absolute atomic E-state index is 14.3. The largest absolute Gasteiger partial charge is 0.372 e. The number of benzene rings is 1. The zero-order valence-electron chi connectivity index (χ0n) is 14.1. The molecule has 4 rings (SSSR count). The summed E-state index contributed by atoms with van der Waals surface area (Å²) < 4.78 is 15.8. The van der Waals surface area contributed by atoms with Crippen LogP contribution in [0.4, 0.5) is 21.7 Å². The maximum Gasteiger partial charge on any atom is 0.372 e. The Bertz CT molecular complexity index is 1060. The molecular formula is C17H15FN6O2S. The smallest absolute Gasteiger partial charge is 0.367 e. The van der Waals surface area contributed by atoms with Crippen molar-refractivity contribution in [2.75, 3.05) is 23.3 Å². The SMILES string of the molecule is N#Cc1ccc(N2CCCC(Nc3nc4sccn4c3[N+](=O)[O-])C2)c(F)c1. The molecule has 8 nitrogen and oxygen atoms in total. The number of nitriles is 1. The predicted molar refractivity (Wildman–Crippen MR) is 99.7 cm³/mol. The molecule has 0 radical (unpaired) electrons. The lowest BCUT2D eigenvalue weighted by atomic mass is 10.0. The third-order valence-corrected chi connectivity index (χ3v) is 5.35. The molecule has 10 heteroatoms. The summed E-state index contributed by atoms with van der Waals surface area (Å²) in [6.07, 6.45) is 3.24. The van der Waals surface area contributed by atoms with Crippen LogP contribution >= 0.6 is 11.3 Å². The molecule has 0 saturated carbocycles. The summed E-state index contributed by atoms with van der Waals surface area (Å²) in [4.78, 5) is 17.8. The van der Waals surface area contributed by atoms with E-state index in [1.54, 1.807) is 23.7 Å². The number of thiazole rings is 1. The van der Waals surface area contributed by atoms with E-state index < -0.39 is 10.7 Å². The fourth-order valence-electron chi connectivity index (χ4n) is 3.39. The normalized spacial score (nSPS) is 17.0. The van der Waals surface area contributed by atoms with E-state index in [2.05, 4.69) is 10.3 Å². The molecule has 2 aromatic heterocycles. The van der Waals surface area contributed by atoms with Gasteiger partial charge in [0.2, 0.25) is 5.82 Å². The number of hydrogen-bond donors (Lipinski definition) is 1. The molecule has 1 atom stereocenters. The topological polar surface area (TPSA) is 99.5 Å². The Morgan fingerprint density at radius 3 is 3.07 bits per heavy atom. The Hall–Kier alpha value is -3.19. The van der Waals surface area contributed by atoms with Crippen LogP contribution < -0.4 is 10.2 Å². The molecule has 1 aromatic carbocycles. The number of piperidine rings is 1. The molecule has 0 bridgehead atoms. The van der Waals surface area contributed by atoms with Gasteiger partial charge in [0.25, 0.3) is 4.96 Å². The first-order chi connectivity index (χ1) is 13.1. The summed E-state index contributed by atoms with van der Waals surface area (Å²) in [7, 11) is 0. The summed E-state index contributed by atoms with van der Waals surface area (Å²) in [5.74, 6) is -0.296. The van der Waals surface area contributed by atoms with E-state index in [0.717, 1.165) is 12.8 Å². The van der Waals surface area contributed by atoms with Gasteiger partial charge in [-0.05, 0) is 36.0 Å². The zero-order valence-corrected chi connectivity index (χ0v) is 14.9. The minimum atomic E-state index is -0.448. The second-order valence-electron chi connectivity index (χ2n) is 6.30. The summed E-state index contributed by atoms with van der Waals surface area (Å²) in [6.45, 7) is 1.17. The molecule has 1 N–H and O–H groups in total. The Morgan fingerprint density at radius 2 is 2.33 bits per heavy atom. The van der Waals surface area contributed by atoms with Crippen LogP contribution in [-0.2, 0) is 0 Å². The van der Waals surface area contributed by atoms with Gasteiger partial charge in [-0.25, -0.2) is 4.39 Å². The number of halogens is 1. The highest BCUT2D eigenvalue weighted by molar-refractivity contribution is 7.15. The van der Waals surface area contributed by atoms with Crippen molar-refractivity contribution in [2.45, 2.75) is 18.9 Å². The second kappa shape index (κ2) is 6.85. The van der Waals surface area contributed by atoms with Gasteiger partial charge >= 0.3 is 5.82 Å². The van der Waals surface area contributed by atoms with E-state index in [-0.39, 0.29) is 23.2 Å². The molecule has 1 aliphatic heterocycles. The van der Waals surface area contributed by atoms with Crippen molar-refractivity contribution in [1.29, 1.82) is 5.26 Å². The van der Waals surface area contributed by atoms with Crippen LogP contribution in [0.3, 0.4) is 0 Å². The number of anilines is 2. The quantitative estimate of drug-likeness (QED) is 0.545. The fraction of sp³-hybridized carbons (Fsp3) is 0.294. The molecule has 1 aliphatic rings. The molecule has 1 fully saturated rings. The summed E-state index contributed by atoms with van der Waals surface area (Å²) in [6, 6.07) is 6.23. The number of hydrogen-bond acceptors (Lipinski definition) is 7. The average molecular weight is 386 g/mol. The van der Waals surface area contributed by atoms with Crippen LogP contribution in [0.25, 0.3) is 4.96 Å². The fourth-order valence-corrected chi connectivity index (χ4v) is 4.09. The first kappa shape index (κ1) is 17.2. The lowest BCUT2D eigenvalue weighted by molar-refractivity contribution is -0.389. The van der Waals surface area contributed by atoms with Gasteiger partial charge in [-0.3, -0.25) is 0 Å². The lowest BCUT2D eigenvalue weighted by Crippen LogP contribution is -2.42. The highest BCUT2D eigenvalue weighted by Gasteiger charge is 2.28. The molecule has 1 unspecified atom stereocenters. The van der Waals surface area contributed by atoms with E-state index in [0.29, 0.717) is 23.7 Å². The van der Waals surface area contributed by atoms with E-state index in [4.69, 9.17) is 5.26 Å². The zero-order chi connectivity index (χ0) is 19.0. The van der Waals surface area contributed by atoms with Crippen molar-refractivity contribution in [1.82, 2.24) is 9.38 Å². The number of fused-ring (bicyclic) bond motifs is 1. The Balaban J connectivity index is 1.56. The Kier molecular flexibility index (Phi) is 4.37. The number of imidazole rings is 1. The molecule has 138 valence electrons. The number of nitrogens with zero attached hydrogens (tertiary/aromatic N) is 5. The van der Waals surface area contributed by atoms with Crippen LogP contribution in [0, 0.1) is 27.3 Å². The summed E-state index contributed by atoms with van der Waals surface area (Å²) in [5, 5.41) is 25.2. The predicted octanol–water partition coefficient (Wildman–Crippen LogP) is 3.40. The van der Waals surface area contributed by atoms with Crippen LogP contribution in [0.1, 0.15) is 18.4 Å². The molecule has 1 saturated heterocycles. The van der Waals surface area contributed by atoms with E-state index in [9.17, 15) is 14.5 Å². The maximum atomic E-state index is 14.3. The van der Waals surface area contributed by atoms with Crippen molar-refractivity contribution in [3.05, 3.63) is 51.3 Å². The minimum Gasteiger partial charge on any atom is -0.367 e. The molecule has 0 spiro atoms. The molecular weight excluding hydrogens is 371 g/mol. The Morgan fingerprint density at radius 1 is 1.48 bits per heavy atom. The standard InChI is InChI=1S/C17H15FN6O2S/c18-13-8-11(9-19)3-4-14(13)22-5-1-2-12(10-22)20-15-16(24(25)26)23-6-7-27-17(23)21-15/h3-4,6-8,12,20H,1-2,5,10H2. The first-order valence-electron chi connectivity index (χ1n) is 8.38. The van der Waals surface area contributed by atoms with Gasteiger partial charge < -0.3 is 20.3 Å². The molecule has 3 heterocycles. The summed E-state index contributed by atoms with van der Waals surface area (Å²) >= 11 is 1.33. The van der Waals surface area contributed by atoms with Crippen LogP contribution in [0.15, 0.2) is 29.8 Å². The van der Waals surface area contributed by atoms with E-state index in [1.807, 2.05) is 11.0 Å². The van der Waals surface area contributed by atoms with Gasteiger partial charge in [0, 0.05) is 24.5 Å². The van der Waals surface area contributed by atoms with Crippen LogP contribution in [-0.4, -0.2) is 33.4 Å². The van der Waals surface area contributed by atoms with E-state index >= 15 is 0 Å². The van der Waals surface area contributed by atoms with Crippen LogP contribution in [0.2, 0.25) is 0 Å². The molecule has 0 aliphatic carbocycles. The highest BCUT2D eigenvalue weighted by atomic mass is 32.1. The van der Waals surface area contributed by atoms with Gasteiger partial charge in [-0.1, -0.05) is 11.3 Å². The monoisotopic (exact) mass is 386 g/mol. The Labute approximate surface area is 157 Å². The van der Waals surface area contributed by atoms with Crippen LogP contribution in [0.5, 0.6) is 0 Å². The molecule has 0 amide bonds. The van der Waals surface area contributed by atoms with Crippen molar-refractivity contribution in [3.8, 4) is 6.07 Å². The van der Waals surface area contributed by atoms with Gasteiger partial charge in [-0.15, -0.1) is 0 Å². The average Bonchev–Trinajstić information content (AvgIpc) is 3.22. The van der Waals surface area contributed by atoms with Crippen molar-refractivity contribution in [3.63, 3.8) is 0 Å².